The van der Waals surface area contributed by atoms with Gasteiger partial charge in [0.2, 0.25) is 0 Å². The molecule has 1 saturated carbocycles. The predicted octanol–water partition coefficient (Wildman–Crippen LogP) is 3.11. The van der Waals surface area contributed by atoms with Crippen molar-refractivity contribution < 1.29 is 4.79 Å². The van der Waals surface area contributed by atoms with Crippen LogP contribution in [0.15, 0.2) is 48.8 Å². The molecule has 2 fully saturated rings. The van der Waals surface area contributed by atoms with E-state index in [-0.39, 0.29) is 11.4 Å². The molecule has 1 amide bonds. The van der Waals surface area contributed by atoms with Crippen LogP contribution in [0.5, 0.6) is 0 Å². The number of nitrogens with one attached hydrogen (secondary N) is 1. The van der Waals surface area contributed by atoms with Gasteiger partial charge in [0.05, 0.1) is 11.1 Å². The van der Waals surface area contributed by atoms with Crippen LogP contribution >= 0.6 is 0 Å². The van der Waals surface area contributed by atoms with Crippen LogP contribution in [-0.4, -0.2) is 54.0 Å². The van der Waals surface area contributed by atoms with Crippen LogP contribution in [0.1, 0.15) is 34.3 Å². The van der Waals surface area contributed by atoms with Crippen molar-refractivity contribution in [2.45, 2.75) is 31.3 Å². The van der Waals surface area contributed by atoms with E-state index >= 15 is 0 Å². The Morgan fingerprint density at radius 3 is 2.67 bits per heavy atom. The number of aryl methyl sites for hydroxylation is 1. The minimum atomic E-state index is -0.303. The van der Waals surface area contributed by atoms with Gasteiger partial charge in [0.15, 0.2) is 0 Å². The number of benzene rings is 1. The number of carbonyl (C=O) groups excluding carboxylic acids is 1. The van der Waals surface area contributed by atoms with E-state index in [0.29, 0.717) is 11.6 Å². The molecule has 1 aliphatic carbocycles. The third-order valence-electron chi connectivity index (χ3n) is 6.52. The van der Waals surface area contributed by atoms with E-state index in [1.807, 2.05) is 49.6 Å². The molecule has 1 aliphatic heterocycles. The molecule has 2 aromatic heterocycles. The van der Waals surface area contributed by atoms with Crippen molar-refractivity contribution in [3.8, 4) is 0 Å². The summed E-state index contributed by atoms with van der Waals surface area (Å²) in [6.45, 7) is 3.83. The van der Waals surface area contributed by atoms with Gasteiger partial charge in [-0.25, -0.2) is 4.98 Å². The smallest absolute Gasteiger partial charge is 0.252 e. The molecule has 30 heavy (non-hydrogen) atoms. The molecule has 6 nitrogen and oxygen atoms in total. The van der Waals surface area contributed by atoms with Crippen molar-refractivity contribution in [3.05, 3.63) is 65.5 Å². The summed E-state index contributed by atoms with van der Waals surface area (Å²) in [4.78, 5) is 26.8. The first-order valence-corrected chi connectivity index (χ1v) is 10.5. The quantitative estimate of drug-likeness (QED) is 0.712. The largest absolute Gasteiger partial charge is 0.353 e. The highest BCUT2D eigenvalue weighted by molar-refractivity contribution is 5.97. The second-order valence-electron chi connectivity index (χ2n) is 8.79. The lowest BCUT2D eigenvalue weighted by Gasteiger charge is -2.43. The van der Waals surface area contributed by atoms with E-state index in [1.54, 1.807) is 0 Å². The Bertz CT molecular complexity index is 1110. The van der Waals surface area contributed by atoms with Crippen LogP contribution in [0, 0.1) is 6.92 Å². The van der Waals surface area contributed by atoms with Gasteiger partial charge in [0, 0.05) is 42.5 Å². The number of hydrogen-bond acceptors (Lipinski definition) is 5. The van der Waals surface area contributed by atoms with Gasteiger partial charge in [-0.1, -0.05) is 18.2 Å². The summed E-state index contributed by atoms with van der Waals surface area (Å²) in [5.74, 6) is 0.849. The van der Waals surface area contributed by atoms with Crippen molar-refractivity contribution in [2.24, 2.45) is 0 Å². The summed E-state index contributed by atoms with van der Waals surface area (Å²) in [6, 6.07) is 12.7. The van der Waals surface area contributed by atoms with Crippen LogP contribution in [-0.2, 0) is 5.54 Å². The topological polar surface area (TPSA) is 61.4 Å². The Kier molecular flexibility index (Phi) is 4.47. The van der Waals surface area contributed by atoms with E-state index in [9.17, 15) is 4.79 Å². The fraction of sp³-hybridized carbons (Fsp3) is 0.375. The SMILES string of the molecule is Cc1cnc(N2CC(N(C)C)C2)cc1C(=O)NC1(c2ccnc3ccccc23)CC1. The number of anilines is 1. The third-order valence-corrected chi connectivity index (χ3v) is 6.52. The van der Waals surface area contributed by atoms with Crippen molar-refractivity contribution in [3.63, 3.8) is 0 Å². The Hall–Kier alpha value is -2.99. The number of para-hydroxylation sites is 1. The van der Waals surface area contributed by atoms with Gasteiger partial charge in [-0.05, 0) is 63.2 Å². The molecule has 3 aromatic rings. The van der Waals surface area contributed by atoms with Gasteiger partial charge >= 0.3 is 0 Å². The molecule has 2 aliphatic rings. The average Bonchev–Trinajstić information content (AvgIpc) is 3.47. The van der Waals surface area contributed by atoms with E-state index < -0.39 is 0 Å². The predicted molar refractivity (Wildman–Crippen MR) is 119 cm³/mol. The van der Waals surface area contributed by atoms with E-state index in [2.05, 4.69) is 45.2 Å². The van der Waals surface area contributed by atoms with Crippen LogP contribution in [0.3, 0.4) is 0 Å². The van der Waals surface area contributed by atoms with Gasteiger partial charge in [0.25, 0.3) is 5.91 Å². The molecule has 1 aromatic carbocycles. The summed E-state index contributed by atoms with van der Waals surface area (Å²) in [7, 11) is 4.20. The van der Waals surface area contributed by atoms with Gasteiger partial charge in [-0.3, -0.25) is 9.78 Å². The van der Waals surface area contributed by atoms with Gasteiger partial charge in [-0.15, -0.1) is 0 Å². The minimum Gasteiger partial charge on any atom is -0.353 e. The van der Waals surface area contributed by atoms with E-state index in [4.69, 9.17) is 0 Å². The maximum Gasteiger partial charge on any atom is 0.252 e. The first-order chi connectivity index (χ1) is 14.5. The Labute approximate surface area is 176 Å². The number of fused-ring (bicyclic) bond motifs is 1. The zero-order chi connectivity index (χ0) is 20.9. The number of nitrogens with zero attached hydrogens (tertiary/aromatic N) is 4. The molecule has 0 radical (unpaired) electrons. The molecule has 0 spiro atoms. The summed E-state index contributed by atoms with van der Waals surface area (Å²) < 4.78 is 0. The Morgan fingerprint density at radius 1 is 1.17 bits per heavy atom. The van der Waals surface area contributed by atoms with Gasteiger partial charge < -0.3 is 15.1 Å². The first kappa shape index (κ1) is 19.0. The molecule has 0 unspecified atom stereocenters. The van der Waals surface area contributed by atoms with Crippen molar-refractivity contribution in [1.82, 2.24) is 20.2 Å². The van der Waals surface area contributed by atoms with Gasteiger partial charge in [0.1, 0.15) is 5.82 Å². The maximum absolute atomic E-state index is 13.3. The highest BCUT2D eigenvalue weighted by Crippen LogP contribution is 2.47. The first-order valence-electron chi connectivity index (χ1n) is 10.5. The summed E-state index contributed by atoms with van der Waals surface area (Å²) >= 11 is 0. The standard InChI is InChI=1S/C24H27N5O/c1-16-13-26-22(29-14-17(15-29)28(2)3)12-19(16)23(30)27-24(9-10-24)20-8-11-25-21-7-5-4-6-18(20)21/h4-8,11-13,17H,9-10,14-15H2,1-3H3,(H,27,30). The van der Waals surface area contributed by atoms with Crippen molar-refractivity contribution in [1.29, 1.82) is 0 Å². The second-order valence-corrected chi connectivity index (χ2v) is 8.79. The summed E-state index contributed by atoms with van der Waals surface area (Å²) in [6.07, 6.45) is 5.54. The van der Waals surface area contributed by atoms with Gasteiger partial charge in [-0.2, -0.15) is 0 Å². The highest BCUT2D eigenvalue weighted by atomic mass is 16.1. The number of hydrogen-bond donors (Lipinski definition) is 1. The molecule has 3 heterocycles. The lowest BCUT2D eigenvalue weighted by molar-refractivity contribution is 0.0930. The highest BCUT2D eigenvalue weighted by Gasteiger charge is 2.47. The Morgan fingerprint density at radius 2 is 1.93 bits per heavy atom. The second kappa shape index (κ2) is 7.06. The van der Waals surface area contributed by atoms with Crippen molar-refractivity contribution in [2.75, 3.05) is 32.1 Å². The maximum atomic E-state index is 13.3. The normalized spacial score (nSPS) is 17.8. The monoisotopic (exact) mass is 401 g/mol. The minimum absolute atomic E-state index is 0.0285. The third kappa shape index (κ3) is 3.21. The zero-order valence-corrected chi connectivity index (χ0v) is 17.7. The van der Waals surface area contributed by atoms with E-state index in [1.165, 1.54) is 0 Å². The molecular weight excluding hydrogens is 374 g/mol. The Balaban J connectivity index is 1.40. The number of likely N-dealkylation sites (N-methyl/N-ethyl adjacent to an activating group) is 1. The molecule has 0 atom stereocenters. The summed E-state index contributed by atoms with van der Waals surface area (Å²) in [5.41, 5.74) is 3.42. The van der Waals surface area contributed by atoms with Crippen LogP contribution < -0.4 is 10.2 Å². The molecule has 6 heteroatoms. The zero-order valence-electron chi connectivity index (χ0n) is 17.7. The number of amides is 1. The molecule has 1 saturated heterocycles. The fourth-order valence-electron chi connectivity index (χ4n) is 4.28. The van der Waals surface area contributed by atoms with Crippen LogP contribution in [0.25, 0.3) is 10.9 Å². The number of rotatable bonds is 5. The van der Waals surface area contributed by atoms with E-state index in [0.717, 1.165) is 53.8 Å². The molecular formula is C24H27N5O. The summed E-state index contributed by atoms with van der Waals surface area (Å²) in [5, 5.41) is 4.45. The lowest BCUT2D eigenvalue weighted by Crippen LogP contribution is -2.57. The van der Waals surface area contributed by atoms with Crippen LogP contribution in [0.4, 0.5) is 5.82 Å². The average molecular weight is 402 g/mol. The lowest BCUT2D eigenvalue weighted by atomic mass is 9.99. The van der Waals surface area contributed by atoms with Crippen LogP contribution in [0.2, 0.25) is 0 Å². The molecule has 5 rings (SSSR count). The molecule has 0 bridgehead atoms. The number of aromatic nitrogens is 2. The number of carbonyl (C=O) groups is 1. The molecule has 154 valence electrons. The fourth-order valence-corrected chi connectivity index (χ4v) is 4.28. The van der Waals surface area contributed by atoms with Crippen molar-refractivity contribution >= 4 is 22.6 Å². The number of pyridine rings is 2. The molecule has 1 N–H and O–H groups in total.